The van der Waals surface area contributed by atoms with Crippen molar-refractivity contribution in [2.24, 2.45) is 17.8 Å². The standard InChI is InChI=1S/C15H26N4O2/c1-11(2)9-13(15(20)21)10-19-14(16-17-18-19)8-7-12-5-3-4-6-12/h11-13H,3-10H2,1-2H3,(H,20,21). The molecular formula is C15H26N4O2. The van der Waals surface area contributed by atoms with E-state index in [4.69, 9.17) is 0 Å². The summed E-state index contributed by atoms with van der Waals surface area (Å²) in [6.07, 6.45) is 7.92. The van der Waals surface area contributed by atoms with Gasteiger partial charge in [0.15, 0.2) is 5.82 Å². The monoisotopic (exact) mass is 294 g/mol. The van der Waals surface area contributed by atoms with Crippen molar-refractivity contribution in [3.63, 3.8) is 0 Å². The van der Waals surface area contributed by atoms with Gasteiger partial charge in [-0.3, -0.25) is 4.79 Å². The minimum atomic E-state index is -0.763. The van der Waals surface area contributed by atoms with Gasteiger partial charge in [0.25, 0.3) is 0 Å². The molecule has 1 aromatic rings. The first-order chi connectivity index (χ1) is 10.1. The molecule has 1 saturated carbocycles. The Labute approximate surface area is 125 Å². The largest absolute Gasteiger partial charge is 0.481 e. The van der Waals surface area contributed by atoms with Gasteiger partial charge in [-0.2, -0.15) is 0 Å². The molecule has 0 aromatic carbocycles. The molecule has 0 bridgehead atoms. The highest BCUT2D eigenvalue weighted by atomic mass is 16.4. The highest BCUT2D eigenvalue weighted by Gasteiger charge is 2.22. The van der Waals surface area contributed by atoms with Crippen molar-refractivity contribution < 1.29 is 9.90 Å². The molecule has 0 spiro atoms. The number of aromatic nitrogens is 4. The van der Waals surface area contributed by atoms with Gasteiger partial charge < -0.3 is 5.11 Å². The lowest BCUT2D eigenvalue weighted by molar-refractivity contribution is -0.142. The van der Waals surface area contributed by atoms with E-state index in [1.165, 1.54) is 25.7 Å². The van der Waals surface area contributed by atoms with Gasteiger partial charge in [0.2, 0.25) is 0 Å². The van der Waals surface area contributed by atoms with Crippen LogP contribution in [0.25, 0.3) is 0 Å². The van der Waals surface area contributed by atoms with Crippen molar-refractivity contribution >= 4 is 5.97 Å². The predicted octanol–water partition coefficient (Wildman–Crippen LogP) is 2.54. The number of aryl methyl sites for hydroxylation is 1. The molecule has 6 nitrogen and oxygen atoms in total. The Kier molecular flexibility index (Phi) is 5.70. The number of rotatable bonds is 8. The van der Waals surface area contributed by atoms with Gasteiger partial charge >= 0.3 is 5.97 Å². The fourth-order valence-electron chi connectivity index (χ4n) is 3.21. The van der Waals surface area contributed by atoms with Gasteiger partial charge in [0, 0.05) is 6.42 Å². The number of hydrogen-bond acceptors (Lipinski definition) is 4. The summed E-state index contributed by atoms with van der Waals surface area (Å²) >= 11 is 0. The van der Waals surface area contributed by atoms with Crippen molar-refractivity contribution in [3.05, 3.63) is 5.82 Å². The highest BCUT2D eigenvalue weighted by Crippen LogP contribution is 2.28. The smallest absolute Gasteiger partial charge is 0.308 e. The van der Waals surface area contributed by atoms with Crippen LogP contribution in [0.3, 0.4) is 0 Å². The zero-order chi connectivity index (χ0) is 15.2. The average molecular weight is 294 g/mol. The molecule has 2 rings (SSSR count). The second kappa shape index (κ2) is 7.52. The quantitative estimate of drug-likeness (QED) is 0.797. The first-order valence-electron chi connectivity index (χ1n) is 8.04. The Morgan fingerprint density at radius 3 is 2.71 bits per heavy atom. The number of carbonyl (C=O) groups is 1. The minimum absolute atomic E-state index is 0.351. The van der Waals surface area contributed by atoms with E-state index in [9.17, 15) is 9.90 Å². The second-order valence-electron chi connectivity index (χ2n) is 6.63. The summed E-state index contributed by atoms with van der Waals surface area (Å²) in [7, 11) is 0. The second-order valence-corrected chi connectivity index (χ2v) is 6.63. The molecule has 118 valence electrons. The molecule has 1 unspecified atom stereocenters. The van der Waals surface area contributed by atoms with Crippen LogP contribution >= 0.6 is 0 Å². The Morgan fingerprint density at radius 2 is 2.10 bits per heavy atom. The van der Waals surface area contributed by atoms with Gasteiger partial charge in [-0.15, -0.1) is 5.10 Å². The first kappa shape index (κ1) is 15.9. The van der Waals surface area contributed by atoms with Crippen LogP contribution in [0, 0.1) is 17.8 Å². The van der Waals surface area contributed by atoms with E-state index in [2.05, 4.69) is 15.5 Å². The normalized spacial score (nSPS) is 17.5. The van der Waals surface area contributed by atoms with Crippen molar-refractivity contribution in [3.8, 4) is 0 Å². The first-order valence-corrected chi connectivity index (χ1v) is 8.04. The summed E-state index contributed by atoms with van der Waals surface area (Å²) in [6, 6.07) is 0. The van der Waals surface area contributed by atoms with Crippen LogP contribution in [0.2, 0.25) is 0 Å². The van der Waals surface area contributed by atoms with Crippen LogP contribution in [0.1, 0.15) is 58.2 Å². The Hall–Kier alpha value is -1.46. The van der Waals surface area contributed by atoms with Crippen LogP contribution in [-0.2, 0) is 17.8 Å². The van der Waals surface area contributed by atoms with E-state index in [-0.39, 0.29) is 0 Å². The van der Waals surface area contributed by atoms with Crippen LogP contribution in [-0.4, -0.2) is 31.3 Å². The maximum Gasteiger partial charge on any atom is 0.308 e. The predicted molar refractivity (Wildman–Crippen MR) is 78.7 cm³/mol. The summed E-state index contributed by atoms with van der Waals surface area (Å²) < 4.78 is 1.69. The molecule has 6 heteroatoms. The lowest BCUT2D eigenvalue weighted by Crippen LogP contribution is -2.23. The lowest BCUT2D eigenvalue weighted by Gasteiger charge is -2.15. The fourth-order valence-corrected chi connectivity index (χ4v) is 3.21. The zero-order valence-electron chi connectivity index (χ0n) is 13.0. The van der Waals surface area contributed by atoms with Gasteiger partial charge in [0.05, 0.1) is 12.5 Å². The summed E-state index contributed by atoms with van der Waals surface area (Å²) in [5.41, 5.74) is 0. The molecular weight excluding hydrogens is 268 g/mol. The van der Waals surface area contributed by atoms with Gasteiger partial charge in [0.1, 0.15) is 0 Å². The molecule has 1 aromatic heterocycles. The molecule has 1 heterocycles. The minimum Gasteiger partial charge on any atom is -0.481 e. The molecule has 1 atom stereocenters. The van der Waals surface area contributed by atoms with Crippen LogP contribution in [0.15, 0.2) is 0 Å². The Balaban J connectivity index is 1.92. The number of nitrogens with zero attached hydrogens (tertiary/aromatic N) is 4. The Morgan fingerprint density at radius 1 is 1.38 bits per heavy atom. The topological polar surface area (TPSA) is 80.9 Å². The number of carboxylic acids is 1. The van der Waals surface area contributed by atoms with E-state index in [1.807, 2.05) is 13.8 Å². The average Bonchev–Trinajstić information content (AvgIpc) is 3.05. The van der Waals surface area contributed by atoms with Crippen molar-refractivity contribution in [1.29, 1.82) is 0 Å². The van der Waals surface area contributed by atoms with E-state index >= 15 is 0 Å². The van der Waals surface area contributed by atoms with Crippen molar-refractivity contribution in [2.45, 2.75) is 65.3 Å². The maximum atomic E-state index is 11.4. The third-order valence-electron chi connectivity index (χ3n) is 4.36. The van der Waals surface area contributed by atoms with Gasteiger partial charge in [-0.1, -0.05) is 39.5 Å². The Bertz CT molecular complexity index is 452. The SMILES string of the molecule is CC(C)CC(Cn1nnnc1CCC1CCCC1)C(=O)O. The molecule has 21 heavy (non-hydrogen) atoms. The number of tetrazole rings is 1. The summed E-state index contributed by atoms with van der Waals surface area (Å²) in [5, 5.41) is 21.1. The zero-order valence-corrected chi connectivity index (χ0v) is 13.0. The van der Waals surface area contributed by atoms with E-state index < -0.39 is 11.9 Å². The molecule has 0 radical (unpaired) electrons. The van der Waals surface area contributed by atoms with Crippen molar-refractivity contribution in [1.82, 2.24) is 20.2 Å². The third-order valence-corrected chi connectivity index (χ3v) is 4.36. The van der Waals surface area contributed by atoms with Gasteiger partial charge in [-0.05, 0) is 35.1 Å². The molecule has 0 aliphatic heterocycles. The lowest BCUT2D eigenvalue weighted by atomic mass is 9.97. The number of hydrogen-bond donors (Lipinski definition) is 1. The number of carboxylic acid groups (broad SMARTS) is 1. The molecule has 1 aliphatic rings. The molecule has 0 saturated heterocycles. The van der Waals surface area contributed by atoms with E-state index in [0.29, 0.717) is 18.9 Å². The molecule has 0 amide bonds. The van der Waals surface area contributed by atoms with Gasteiger partial charge in [-0.25, -0.2) is 4.68 Å². The summed E-state index contributed by atoms with van der Waals surface area (Å²) in [6.45, 7) is 4.45. The molecule has 1 fully saturated rings. The highest BCUT2D eigenvalue weighted by molar-refractivity contribution is 5.69. The summed E-state index contributed by atoms with van der Waals surface area (Å²) in [4.78, 5) is 11.4. The van der Waals surface area contributed by atoms with Crippen molar-refractivity contribution in [2.75, 3.05) is 0 Å². The number of aliphatic carboxylic acids is 1. The van der Waals surface area contributed by atoms with E-state index in [0.717, 1.165) is 24.6 Å². The fraction of sp³-hybridized carbons (Fsp3) is 0.867. The summed E-state index contributed by atoms with van der Waals surface area (Å²) in [5.74, 6) is 0.794. The third kappa shape index (κ3) is 4.79. The van der Waals surface area contributed by atoms with Crippen LogP contribution < -0.4 is 0 Å². The molecule has 1 N–H and O–H groups in total. The maximum absolute atomic E-state index is 11.4. The van der Waals surface area contributed by atoms with Crippen LogP contribution in [0.4, 0.5) is 0 Å². The van der Waals surface area contributed by atoms with E-state index in [1.54, 1.807) is 4.68 Å². The van der Waals surface area contributed by atoms with Crippen LogP contribution in [0.5, 0.6) is 0 Å². The molecule has 1 aliphatic carbocycles.